The predicted octanol–water partition coefficient (Wildman–Crippen LogP) is 0.867. The van der Waals surface area contributed by atoms with Gasteiger partial charge in [-0.15, -0.1) is 11.3 Å². The third-order valence-electron chi connectivity index (χ3n) is 3.11. The maximum absolute atomic E-state index is 11.4. The van der Waals surface area contributed by atoms with Gasteiger partial charge in [-0.25, -0.2) is 8.42 Å². The van der Waals surface area contributed by atoms with Crippen molar-refractivity contribution in [3.8, 4) is 0 Å². The maximum atomic E-state index is 11.4. The highest BCUT2D eigenvalue weighted by molar-refractivity contribution is 7.91. The molecule has 2 N–H and O–H groups in total. The van der Waals surface area contributed by atoms with Crippen LogP contribution in [0.25, 0.3) is 0 Å². The molecule has 0 aliphatic carbocycles. The van der Waals surface area contributed by atoms with Crippen molar-refractivity contribution in [2.75, 3.05) is 24.6 Å². The standard InChI is InChI=1S/C11H18N2O2S2/c1-9(12)11(10-3-2-6-16-10)13-4-7-17(14,15)8-5-13/h2-3,6,9,11H,4-5,7-8,12H2,1H3. The summed E-state index contributed by atoms with van der Waals surface area (Å²) in [6, 6.07) is 4.23. The van der Waals surface area contributed by atoms with Crippen LogP contribution in [0, 0.1) is 0 Å². The molecule has 0 saturated carbocycles. The van der Waals surface area contributed by atoms with E-state index < -0.39 is 9.84 Å². The molecule has 1 aliphatic heterocycles. The fraction of sp³-hybridized carbons (Fsp3) is 0.636. The molecule has 17 heavy (non-hydrogen) atoms. The van der Waals surface area contributed by atoms with E-state index in [0.29, 0.717) is 13.1 Å². The zero-order valence-electron chi connectivity index (χ0n) is 9.87. The Morgan fingerprint density at radius 3 is 2.53 bits per heavy atom. The van der Waals surface area contributed by atoms with Crippen LogP contribution in [0.1, 0.15) is 17.8 Å². The maximum Gasteiger partial charge on any atom is 0.152 e. The van der Waals surface area contributed by atoms with Gasteiger partial charge in [0.25, 0.3) is 0 Å². The molecule has 6 heteroatoms. The van der Waals surface area contributed by atoms with E-state index >= 15 is 0 Å². The summed E-state index contributed by atoms with van der Waals surface area (Å²) < 4.78 is 22.8. The summed E-state index contributed by atoms with van der Waals surface area (Å²) in [5, 5.41) is 2.03. The zero-order chi connectivity index (χ0) is 12.5. The summed E-state index contributed by atoms with van der Waals surface area (Å²) in [5.41, 5.74) is 6.04. The molecule has 1 aromatic rings. The zero-order valence-corrected chi connectivity index (χ0v) is 11.5. The van der Waals surface area contributed by atoms with Gasteiger partial charge >= 0.3 is 0 Å². The van der Waals surface area contributed by atoms with Gasteiger partial charge in [0, 0.05) is 24.0 Å². The van der Waals surface area contributed by atoms with Crippen LogP contribution in [-0.2, 0) is 9.84 Å². The van der Waals surface area contributed by atoms with Gasteiger partial charge in [-0.1, -0.05) is 6.07 Å². The molecule has 0 spiro atoms. The summed E-state index contributed by atoms with van der Waals surface area (Å²) in [7, 11) is -2.82. The Kier molecular flexibility index (Phi) is 3.87. The number of nitrogens with two attached hydrogens (primary N) is 1. The smallest absolute Gasteiger partial charge is 0.152 e. The highest BCUT2D eigenvalue weighted by Gasteiger charge is 2.30. The van der Waals surface area contributed by atoms with E-state index in [1.807, 2.05) is 18.4 Å². The Labute approximate surface area is 106 Å². The van der Waals surface area contributed by atoms with E-state index in [1.165, 1.54) is 4.88 Å². The Morgan fingerprint density at radius 1 is 1.41 bits per heavy atom. The van der Waals surface area contributed by atoms with Gasteiger partial charge < -0.3 is 5.73 Å². The Balaban J connectivity index is 2.14. The molecule has 2 atom stereocenters. The molecule has 1 fully saturated rings. The van der Waals surface area contributed by atoms with E-state index in [2.05, 4.69) is 11.0 Å². The van der Waals surface area contributed by atoms with Crippen LogP contribution in [0.5, 0.6) is 0 Å². The summed E-state index contributed by atoms with van der Waals surface area (Å²) in [4.78, 5) is 3.41. The van der Waals surface area contributed by atoms with Gasteiger partial charge in [0.05, 0.1) is 17.5 Å². The van der Waals surface area contributed by atoms with E-state index in [9.17, 15) is 8.42 Å². The quantitative estimate of drug-likeness (QED) is 0.888. The van der Waals surface area contributed by atoms with Crippen LogP contribution in [0.4, 0.5) is 0 Å². The minimum atomic E-state index is -2.82. The van der Waals surface area contributed by atoms with Gasteiger partial charge in [0.1, 0.15) is 0 Å². The highest BCUT2D eigenvalue weighted by Crippen LogP contribution is 2.28. The van der Waals surface area contributed by atoms with Crippen molar-refractivity contribution in [1.82, 2.24) is 4.90 Å². The van der Waals surface area contributed by atoms with Crippen molar-refractivity contribution in [2.45, 2.75) is 19.0 Å². The molecular weight excluding hydrogens is 256 g/mol. The van der Waals surface area contributed by atoms with Crippen LogP contribution in [0.2, 0.25) is 0 Å². The summed E-state index contributed by atoms with van der Waals surface area (Å²) in [5.74, 6) is 0.503. The van der Waals surface area contributed by atoms with Crippen molar-refractivity contribution in [2.24, 2.45) is 5.73 Å². The monoisotopic (exact) mass is 274 g/mol. The van der Waals surface area contributed by atoms with Crippen LogP contribution >= 0.6 is 11.3 Å². The lowest BCUT2D eigenvalue weighted by molar-refractivity contribution is 0.194. The number of nitrogens with zero attached hydrogens (tertiary/aromatic N) is 1. The molecule has 0 radical (unpaired) electrons. The van der Waals surface area contributed by atoms with E-state index in [0.717, 1.165) is 0 Å². The van der Waals surface area contributed by atoms with Gasteiger partial charge in [-0.05, 0) is 18.4 Å². The first-order chi connectivity index (χ1) is 7.99. The van der Waals surface area contributed by atoms with Gasteiger partial charge in [0.15, 0.2) is 9.84 Å². The molecule has 0 amide bonds. The van der Waals surface area contributed by atoms with Crippen LogP contribution in [0.15, 0.2) is 17.5 Å². The Hall–Kier alpha value is -0.430. The minimum absolute atomic E-state index is 0.00875. The third-order valence-corrected chi connectivity index (χ3v) is 5.66. The molecule has 2 rings (SSSR count). The van der Waals surface area contributed by atoms with Crippen molar-refractivity contribution < 1.29 is 8.42 Å². The second kappa shape index (κ2) is 5.06. The molecule has 4 nitrogen and oxygen atoms in total. The first kappa shape index (κ1) is 13.0. The predicted molar refractivity (Wildman–Crippen MR) is 70.9 cm³/mol. The van der Waals surface area contributed by atoms with E-state index in [-0.39, 0.29) is 23.6 Å². The number of hydrogen-bond acceptors (Lipinski definition) is 5. The Morgan fingerprint density at radius 2 is 2.06 bits per heavy atom. The van der Waals surface area contributed by atoms with Crippen LogP contribution < -0.4 is 5.73 Å². The molecule has 1 aliphatic rings. The number of thiophene rings is 1. The lowest BCUT2D eigenvalue weighted by Gasteiger charge is -2.36. The molecule has 0 aromatic carbocycles. The van der Waals surface area contributed by atoms with E-state index in [1.54, 1.807) is 11.3 Å². The topological polar surface area (TPSA) is 63.4 Å². The molecule has 1 saturated heterocycles. The average Bonchev–Trinajstić information content (AvgIpc) is 2.74. The minimum Gasteiger partial charge on any atom is -0.326 e. The second-order valence-corrected chi connectivity index (χ2v) is 7.79. The lowest BCUT2D eigenvalue weighted by Crippen LogP contribution is -2.47. The van der Waals surface area contributed by atoms with E-state index in [4.69, 9.17) is 5.73 Å². The molecular formula is C11H18N2O2S2. The van der Waals surface area contributed by atoms with Crippen molar-refractivity contribution in [3.63, 3.8) is 0 Å². The molecule has 1 aromatic heterocycles. The first-order valence-corrected chi connectivity index (χ1v) is 8.43. The molecule has 96 valence electrons. The van der Waals surface area contributed by atoms with Crippen LogP contribution in [0.3, 0.4) is 0 Å². The fourth-order valence-corrected chi connectivity index (χ4v) is 4.44. The number of sulfone groups is 1. The highest BCUT2D eigenvalue weighted by atomic mass is 32.2. The van der Waals surface area contributed by atoms with Gasteiger partial charge in [0.2, 0.25) is 0 Å². The molecule has 2 heterocycles. The van der Waals surface area contributed by atoms with Gasteiger partial charge in [-0.3, -0.25) is 4.90 Å². The van der Waals surface area contributed by atoms with Crippen molar-refractivity contribution in [1.29, 1.82) is 0 Å². The molecule has 0 bridgehead atoms. The lowest BCUT2D eigenvalue weighted by atomic mass is 10.1. The average molecular weight is 274 g/mol. The fourth-order valence-electron chi connectivity index (χ4n) is 2.24. The van der Waals surface area contributed by atoms with Crippen LogP contribution in [-0.4, -0.2) is 44.0 Å². The Bertz CT molecular complexity index is 440. The van der Waals surface area contributed by atoms with Crippen molar-refractivity contribution >= 4 is 21.2 Å². The summed E-state index contributed by atoms with van der Waals surface area (Å²) in [6.07, 6.45) is 0. The molecule has 2 unspecified atom stereocenters. The third kappa shape index (κ3) is 3.07. The largest absolute Gasteiger partial charge is 0.326 e. The van der Waals surface area contributed by atoms with Crippen molar-refractivity contribution in [3.05, 3.63) is 22.4 Å². The summed E-state index contributed by atoms with van der Waals surface area (Å²) in [6.45, 7) is 3.16. The van der Waals surface area contributed by atoms with Gasteiger partial charge in [-0.2, -0.15) is 0 Å². The number of hydrogen-bond donors (Lipinski definition) is 1. The number of rotatable bonds is 3. The summed E-state index contributed by atoms with van der Waals surface area (Å²) >= 11 is 1.68. The first-order valence-electron chi connectivity index (χ1n) is 5.73. The SMILES string of the molecule is CC(N)C(c1cccs1)N1CCS(=O)(=O)CC1. The second-order valence-electron chi connectivity index (χ2n) is 4.51. The normalized spacial score (nSPS) is 24.4.